The summed E-state index contributed by atoms with van der Waals surface area (Å²) in [7, 11) is 3.29. The van der Waals surface area contributed by atoms with Crippen LogP contribution in [0.1, 0.15) is 50.8 Å². The zero-order valence-corrected chi connectivity index (χ0v) is 19.6. The number of benzene rings is 2. The van der Waals surface area contributed by atoms with E-state index in [4.69, 9.17) is 9.47 Å². The highest BCUT2D eigenvalue weighted by Crippen LogP contribution is 2.39. The molecular weight excluding hydrogens is 396 g/mol. The Labute approximate surface area is 184 Å². The fourth-order valence-electron chi connectivity index (χ4n) is 3.81. The first-order chi connectivity index (χ1) is 14.2. The number of nitrogens with zero attached hydrogens (tertiary/aromatic N) is 1. The van der Waals surface area contributed by atoms with Crippen LogP contribution >= 0.6 is 11.8 Å². The highest BCUT2D eigenvalue weighted by atomic mass is 32.2. The molecular formula is C24H32N2O3S. The zero-order chi connectivity index (χ0) is 21.9. The number of ether oxygens (including phenoxy) is 2. The van der Waals surface area contributed by atoms with Gasteiger partial charge in [-0.15, -0.1) is 11.8 Å². The minimum Gasteiger partial charge on any atom is -0.497 e. The molecule has 0 saturated carbocycles. The van der Waals surface area contributed by atoms with E-state index in [0.29, 0.717) is 0 Å². The van der Waals surface area contributed by atoms with Crippen LogP contribution in [0.2, 0.25) is 0 Å². The van der Waals surface area contributed by atoms with E-state index in [0.717, 1.165) is 47.7 Å². The van der Waals surface area contributed by atoms with Gasteiger partial charge in [0.1, 0.15) is 11.5 Å². The van der Waals surface area contributed by atoms with Crippen molar-refractivity contribution >= 4 is 23.5 Å². The fourth-order valence-corrected chi connectivity index (χ4v) is 4.89. The number of hydrogen-bond acceptors (Lipinski definition) is 4. The minimum absolute atomic E-state index is 0.0121. The number of anilines is 1. The van der Waals surface area contributed by atoms with Gasteiger partial charge in [0.25, 0.3) is 0 Å². The van der Waals surface area contributed by atoms with Crippen molar-refractivity contribution in [3.63, 3.8) is 0 Å². The average Bonchev–Trinajstić information content (AvgIpc) is 3.18. The van der Waals surface area contributed by atoms with Crippen LogP contribution in [0.4, 0.5) is 10.5 Å². The van der Waals surface area contributed by atoms with Gasteiger partial charge < -0.3 is 19.7 Å². The molecule has 5 nitrogen and oxygen atoms in total. The maximum atomic E-state index is 13.1. The van der Waals surface area contributed by atoms with Gasteiger partial charge in [-0.2, -0.15) is 0 Å². The first-order valence-electron chi connectivity index (χ1n) is 10.3. The Bertz CT molecular complexity index is 908. The van der Waals surface area contributed by atoms with Gasteiger partial charge in [-0.25, -0.2) is 4.79 Å². The molecule has 1 atom stereocenters. The second-order valence-corrected chi connectivity index (χ2v) is 10.5. The number of carbonyl (C=O) groups is 1. The van der Waals surface area contributed by atoms with Gasteiger partial charge in [-0.3, -0.25) is 0 Å². The number of methoxy groups -OCH3 is 2. The molecule has 1 aliphatic heterocycles. The van der Waals surface area contributed by atoms with Gasteiger partial charge in [-0.1, -0.05) is 20.8 Å². The number of aryl methyl sites for hydroxylation is 1. The maximum Gasteiger partial charge on any atom is 0.322 e. The lowest BCUT2D eigenvalue weighted by molar-refractivity contribution is 0.206. The molecule has 0 spiro atoms. The lowest BCUT2D eigenvalue weighted by Gasteiger charge is -2.27. The smallest absolute Gasteiger partial charge is 0.322 e. The van der Waals surface area contributed by atoms with Crippen molar-refractivity contribution in [1.82, 2.24) is 4.90 Å². The summed E-state index contributed by atoms with van der Waals surface area (Å²) in [4.78, 5) is 16.2. The van der Waals surface area contributed by atoms with Gasteiger partial charge in [-0.05, 0) is 55.7 Å². The molecule has 0 aliphatic carbocycles. The third-order valence-electron chi connectivity index (χ3n) is 5.18. The topological polar surface area (TPSA) is 50.8 Å². The number of urea groups is 1. The predicted molar refractivity (Wildman–Crippen MR) is 124 cm³/mol. The van der Waals surface area contributed by atoms with Crippen LogP contribution in [-0.2, 0) is 0 Å². The molecule has 1 aliphatic rings. The Balaban J connectivity index is 1.77. The van der Waals surface area contributed by atoms with Crippen LogP contribution in [0.5, 0.6) is 11.5 Å². The normalized spacial score (nSPS) is 16.5. The van der Waals surface area contributed by atoms with Crippen LogP contribution in [-0.4, -0.2) is 36.4 Å². The minimum atomic E-state index is -0.0744. The van der Waals surface area contributed by atoms with E-state index in [9.17, 15) is 4.79 Å². The third-order valence-corrected chi connectivity index (χ3v) is 6.28. The molecule has 1 heterocycles. The van der Waals surface area contributed by atoms with E-state index in [1.54, 1.807) is 14.2 Å². The van der Waals surface area contributed by atoms with Crippen LogP contribution in [0.25, 0.3) is 0 Å². The molecule has 30 heavy (non-hydrogen) atoms. The van der Waals surface area contributed by atoms with Crippen LogP contribution < -0.4 is 14.8 Å². The van der Waals surface area contributed by atoms with E-state index in [1.165, 1.54) is 4.90 Å². The Morgan fingerprint density at radius 2 is 1.90 bits per heavy atom. The van der Waals surface area contributed by atoms with Gasteiger partial charge in [0.2, 0.25) is 0 Å². The average molecular weight is 429 g/mol. The van der Waals surface area contributed by atoms with Crippen molar-refractivity contribution in [3.8, 4) is 11.5 Å². The lowest BCUT2D eigenvalue weighted by atomic mass is 10.0. The second-order valence-electron chi connectivity index (χ2n) is 8.58. The molecule has 1 unspecified atom stereocenters. The molecule has 3 rings (SSSR count). The summed E-state index contributed by atoms with van der Waals surface area (Å²) in [5, 5.41) is 3.11. The fraction of sp³-hybridized carbons (Fsp3) is 0.458. The molecule has 0 bridgehead atoms. The Kier molecular flexibility index (Phi) is 6.86. The Hall–Kier alpha value is -2.34. The second kappa shape index (κ2) is 9.21. The number of likely N-dealkylation sites (tertiary alicyclic amines) is 1. The number of hydrogen-bond donors (Lipinski definition) is 1. The number of rotatable bonds is 5. The summed E-state index contributed by atoms with van der Waals surface area (Å²) >= 11 is 1.83. The molecule has 2 aromatic rings. The largest absolute Gasteiger partial charge is 0.497 e. The molecule has 2 aromatic carbocycles. The van der Waals surface area contributed by atoms with Crippen molar-refractivity contribution < 1.29 is 14.3 Å². The molecule has 0 radical (unpaired) electrons. The third kappa shape index (κ3) is 5.22. The Morgan fingerprint density at radius 3 is 2.53 bits per heavy atom. The number of nitrogens with one attached hydrogen (secondary N) is 1. The number of carbonyl (C=O) groups excluding carboxylic acids is 1. The molecule has 2 amide bonds. The summed E-state index contributed by atoms with van der Waals surface area (Å²) < 4.78 is 11.0. The number of amides is 2. The van der Waals surface area contributed by atoms with E-state index < -0.39 is 0 Å². The van der Waals surface area contributed by atoms with E-state index >= 15 is 0 Å². The molecule has 0 aromatic heterocycles. The highest BCUT2D eigenvalue weighted by molar-refractivity contribution is 8.00. The van der Waals surface area contributed by atoms with Gasteiger partial charge in [0, 0.05) is 33.5 Å². The standard InChI is InChI=1S/C24H32N2O3S/c1-16-14-18(30-24(2,3)4)10-12-20(16)25-23(27)26-13-7-8-21(26)19-11-9-17(28-5)15-22(19)29-6/h9-12,14-15,21H,7-8,13H2,1-6H3,(H,25,27). The number of thioether (sulfide) groups is 1. The summed E-state index contributed by atoms with van der Waals surface area (Å²) in [5.41, 5.74) is 2.93. The Morgan fingerprint density at radius 1 is 1.13 bits per heavy atom. The molecule has 1 fully saturated rings. The highest BCUT2D eigenvalue weighted by Gasteiger charge is 2.32. The van der Waals surface area contributed by atoms with Gasteiger partial charge in [0.15, 0.2) is 0 Å². The van der Waals surface area contributed by atoms with Crippen molar-refractivity contribution in [2.24, 2.45) is 0 Å². The summed E-state index contributed by atoms with van der Waals surface area (Å²) in [5.74, 6) is 1.49. The van der Waals surface area contributed by atoms with Gasteiger partial charge in [0.05, 0.1) is 20.3 Å². The monoisotopic (exact) mass is 428 g/mol. The van der Waals surface area contributed by atoms with Crippen LogP contribution in [0.15, 0.2) is 41.3 Å². The summed E-state index contributed by atoms with van der Waals surface area (Å²) in [6.07, 6.45) is 1.88. The predicted octanol–water partition coefficient (Wildman–Crippen LogP) is 6.27. The molecule has 1 saturated heterocycles. The zero-order valence-electron chi connectivity index (χ0n) is 18.7. The van der Waals surface area contributed by atoms with E-state index in [2.05, 4.69) is 38.2 Å². The van der Waals surface area contributed by atoms with Gasteiger partial charge >= 0.3 is 6.03 Å². The lowest BCUT2D eigenvalue weighted by Crippen LogP contribution is -2.34. The van der Waals surface area contributed by atoms with Crippen molar-refractivity contribution in [3.05, 3.63) is 47.5 Å². The molecule has 6 heteroatoms. The van der Waals surface area contributed by atoms with Crippen LogP contribution in [0.3, 0.4) is 0 Å². The van der Waals surface area contributed by atoms with Crippen LogP contribution in [0, 0.1) is 6.92 Å². The van der Waals surface area contributed by atoms with Crippen molar-refractivity contribution in [1.29, 1.82) is 0 Å². The molecule has 162 valence electrons. The first-order valence-corrected chi connectivity index (χ1v) is 11.1. The van der Waals surface area contributed by atoms with E-state index in [1.807, 2.05) is 47.9 Å². The summed E-state index contributed by atoms with van der Waals surface area (Å²) in [6, 6.07) is 11.9. The van der Waals surface area contributed by atoms with E-state index in [-0.39, 0.29) is 16.8 Å². The molecule has 1 N–H and O–H groups in total. The van der Waals surface area contributed by atoms with Crippen molar-refractivity contribution in [2.45, 2.75) is 56.2 Å². The SMILES string of the molecule is COc1ccc(C2CCCN2C(=O)Nc2ccc(SC(C)(C)C)cc2C)c(OC)c1. The quantitative estimate of drug-likeness (QED) is 0.570. The summed E-state index contributed by atoms with van der Waals surface area (Å²) in [6.45, 7) is 9.36. The first kappa shape index (κ1) is 22.3. The maximum absolute atomic E-state index is 13.1. The van der Waals surface area contributed by atoms with Crippen molar-refractivity contribution in [2.75, 3.05) is 26.1 Å².